The summed E-state index contributed by atoms with van der Waals surface area (Å²) in [6, 6.07) is 24.2. The van der Waals surface area contributed by atoms with Crippen molar-refractivity contribution in [2.75, 3.05) is 0 Å². The van der Waals surface area contributed by atoms with Crippen LogP contribution < -0.4 is 0 Å². The van der Waals surface area contributed by atoms with Gasteiger partial charge in [0.1, 0.15) is 11.6 Å². The van der Waals surface area contributed by atoms with Crippen molar-refractivity contribution in [3.05, 3.63) is 84.6 Å². The van der Waals surface area contributed by atoms with Gasteiger partial charge in [-0.25, -0.2) is 9.97 Å². The van der Waals surface area contributed by atoms with Gasteiger partial charge in [-0.3, -0.25) is 0 Å². The molecule has 0 aliphatic rings. The second kappa shape index (κ2) is 7.06. The average Bonchev–Trinajstić information content (AvgIpc) is 3.45. The normalized spacial score (nSPS) is 11.9. The summed E-state index contributed by atoms with van der Waals surface area (Å²) >= 11 is 0. The maximum atomic E-state index is 4.88. The minimum atomic E-state index is 0.379. The minimum Gasteiger partial charge on any atom is -0.342 e. The van der Waals surface area contributed by atoms with Gasteiger partial charge < -0.3 is 9.97 Å². The number of rotatable bonds is 3. The molecule has 2 aromatic heterocycles. The van der Waals surface area contributed by atoms with Crippen LogP contribution in [0.4, 0.5) is 0 Å². The largest absolute Gasteiger partial charge is 0.342 e. The molecular weight excluding hydrogens is 392 g/mol. The van der Waals surface area contributed by atoms with E-state index in [-0.39, 0.29) is 0 Å². The van der Waals surface area contributed by atoms with E-state index in [0.717, 1.165) is 33.9 Å². The van der Waals surface area contributed by atoms with Gasteiger partial charge in [0.2, 0.25) is 0 Å². The molecule has 2 heterocycles. The van der Waals surface area contributed by atoms with Crippen molar-refractivity contribution in [3.63, 3.8) is 0 Å². The predicted octanol–water partition coefficient (Wildman–Crippen LogP) is 7.36. The number of hydrogen-bond acceptors (Lipinski definition) is 2. The number of benzene rings is 4. The fourth-order valence-corrected chi connectivity index (χ4v) is 4.50. The Hall–Kier alpha value is -3.92. The molecule has 0 radical (unpaired) electrons. The van der Waals surface area contributed by atoms with Gasteiger partial charge in [-0.1, -0.05) is 68.4 Å². The molecule has 0 bridgehead atoms. The van der Waals surface area contributed by atoms with Crippen LogP contribution in [0.2, 0.25) is 0 Å². The maximum absolute atomic E-state index is 4.88. The lowest BCUT2D eigenvalue weighted by Crippen LogP contribution is -1.88. The Morgan fingerprint density at radius 1 is 0.719 bits per heavy atom. The molecule has 32 heavy (non-hydrogen) atoms. The Balaban J connectivity index is 1.43. The van der Waals surface area contributed by atoms with Crippen LogP contribution in [-0.4, -0.2) is 19.9 Å². The van der Waals surface area contributed by atoms with Crippen LogP contribution in [0.5, 0.6) is 0 Å². The van der Waals surface area contributed by atoms with Crippen molar-refractivity contribution in [1.82, 2.24) is 19.9 Å². The third kappa shape index (κ3) is 2.99. The van der Waals surface area contributed by atoms with Crippen molar-refractivity contribution in [2.24, 2.45) is 0 Å². The summed E-state index contributed by atoms with van der Waals surface area (Å²) in [6.45, 7) is 6.30. The maximum Gasteiger partial charge on any atom is 0.109 e. The number of aromatic amines is 2. The molecule has 0 unspecified atom stereocenters. The minimum absolute atomic E-state index is 0.379. The van der Waals surface area contributed by atoms with Crippen LogP contribution in [0.25, 0.3) is 55.0 Å². The summed E-state index contributed by atoms with van der Waals surface area (Å²) in [5.41, 5.74) is 6.77. The van der Waals surface area contributed by atoms with E-state index in [9.17, 15) is 0 Å². The van der Waals surface area contributed by atoms with Crippen LogP contribution in [0, 0.1) is 6.92 Å². The highest BCUT2D eigenvalue weighted by atomic mass is 14.9. The predicted molar refractivity (Wildman–Crippen MR) is 133 cm³/mol. The van der Waals surface area contributed by atoms with Gasteiger partial charge in [0.15, 0.2) is 0 Å². The van der Waals surface area contributed by atoms with E-state index in [4.69, 9.17) is 4.98 Å². The molecule has 0 aliphatic carbocycles. The molecule has 4 heteroatoms. The van der Waals surface area contributed by atoms with E-state index in [2.05, 4.69) is 95.5 Å². The molecule has 6 aromatic rings. The Labute approximate surface area is 186 Å². The molecule has 0 atom stereocenters. The van der Waals surface area contributed by atoms with Crippen molar-refractivity contribution in [3.8, 4) is 22.4 Å². The summed E-state index contributed by atoms with van der Waals surface area (Å²) in [5.74, 6) is 2.35. The Morgan fingerprint density at radius 3 is 2.19 bits per heavy atom. The van der Waals surface area contributed by atoms with Gasteiger partial charge in [-0.2, -0.15) is 0 Å². The van der Waals surface area contributed by atoms with Crippen LogP contribution in [0.1, 0.15) is 31.4 Å². The smallest absolute Gasteiger partial charge is 0.109 e. The third-order valence-corrected chi connectivity index (χ3v) is 6.26. The molecule has 4 nitrogen and oxygen atoms in total. The first-order valence-corrected chi connectivity index (χ1v) is 11.0. The number of imidazole rings is 2. The lowest BCUT2D eigenvalue weighted by atomic mass is 9.96. The molecule has 0 saturated carbocycles. The zero-order chi connectivity index (χ0) is 21.8. The molecule has 4 aromatic carbocycles. The Bertz CT molecular complexity index is 1600. The summed E-state index contributed by atoms with van der Waals surface area (Å²) < 4.78 is 0. The Morgan fingerprint density at radius 2 is 1.44 bits per heavy atom. The fourth-order valence-electron chi connectivity index (χ4n) is 4.50. The molecule has 2 N–H and O–H groups in total. The van der Waals surface area contributed by atoms with E-state index >= 15 is 0 Å². The number of aromatic nitrogens is 4. The number of nitrogens with zero attached hydrogens (tertiary/aromatic N) is 2. The van der Waals surface area contributed by atoms with Gasteiger partial charge in [-0.15, -0.1) is 0 Å². The molecule has 6 rings (SSSR count). The fraction of sp³-hybridized carbons (Fsp3) is 0.143. The SMILES string of the molecule is Cc1ncc(-c2ccc(-c3ccc4c(ccc5c4ccc4[nH]c(C(C)C)nc45)c3)cc2)[nH]1. The monoisotopic (exact) mass is 416 g/mol. The second-order valence-electron chi connectivity index (χ2n) is 8.79. The number of fused-ring (bicyclic) bond motifs is 5. The van der Waals surface area contributed by atoms with Gasteiger partial charge in [0.05, 0.1) is 22.9 Å². The molecule has 0 amide bonds. The molecule has 0 spiro atoms. The zero-order valence-corrected chi connectivity index (χ0v) is 18.4. The van der Waals surface area contributed by atoms with E-state index in [1.807, 2.05) is 13.1 Å². The van der Waals surface area contributed by atoms with Crippen LogP contribution in [0.3, 0.4) is 0 Å². The first-order valence-electron chi connectivity index (χ1n) is 11.0. The summed E-state index contributed by atoms with van der Waals surface area (Å²) in [4.78, 5) is 15.9. The topological polar surface area (TPSA) is 57.4 Å². The quantitative estimate of drug-likeness (QED) is 0.296. The van der Waals surface area contributed by atoms with Crippen LogP contribution in [-0.2, 0) is 0 Å². The first-order chi connectivity index (χ1) is 15.6. The van der Waals surface area contributed by atoms with Gasteiger partial charge in [0, 0.05) is 11.3 Å². The number of H-pyrrole nitrogens is 2. The molecule has 0 saturated heterocycles. The lowest BCUT2D eigenvalue weighted by molar-refractivity contribution is 0.799. The van der Waals surface area contributed by atoms with Crippen molar-refractivity contribution in [2.45, 2.75) is 26.7 Å². The van der Waals surface area contributed by atoms with Gasteiger partial charge in [-0.05, 0) is 51.9 Å². The lowest BCUT2D eigenvalue weighted by Gasteiger charge is -2.08. The molecule has 0 aliphatic heterocycles. The number of aryl methyl sites for hydroxylation is 1. The van der Waals surface area contributed by atoms with Crippen molar-refractivity contribution < 1.29 is 0 Å². The van der Waals surface area contributed by atoms with Crippen LogP contribution >= 0.6 is 0 Å². The standard InChI is InChI=1S/C28H24N4/c1-16(2)28-31-25-13-12-23-22-10-8-20(14-21(22)9-11-24(23)27(25)32-28)18-4-6-19(7-5-18)26-15-29-17(3)30-26/h4-16H,1-3H3,(H,29,30)(H,31,32). The first kappa shape index (κ1) is 18.8. The summed E-state index contributed by atoms with van der Waals surface area (Å²) in [7, 11) is 0. The number of nitrogens with one attached hydrogen (secondary N) is 2. The van der Waals surface area contributed by atoms with E-state index in [1.165, 1.54) is 32.7 Å². The highest BCUT2D eigenvalue weighted by Crippen LogP contribution is 2.33. The summed E-state index contributed by atoms with van der Waals surface area (Å²) in [6.07, 6.45) is 1.88. The van der Waals surface area contributed by atoms with Gasteiger partial charge in [0.25, 0.3) is 0 Å². The molecular formula is C28H24N4. The Kier molecular flexibility index (Phi) is 4.15. The zero-order valence-electron chi connectivity index (χ0n) is 18.4. The third-order valence-electron chi connectivity index (χ3n) is 6.26. The second-order valence-corrected chi connectivity index (χ2v) is 8.79. The number of hydrogen-bond donors (Lipinski definition) is 2. The van der Waals surface area contributed by atoms with Crippen molar-refractivity contribution >= 4 is 32.6 Å². The van der Waals surface area contributed by atoms with Crippen molar-refractivity contribution in [1.29, 1.82) is 0 Å². The van der Waals surface area contributed by atoms with Gasteiger partial charge >= 0.3 is 0 Å². The van der Waals surface area contributed by atoms with E-state index < -0.39 is 0 Å². The van der Waals surface area contributed by atoms with E-state index in [1.54, 1.807) is 0 Å². The highest BCUT2D eigenvalue weighted by molar-refractivity contribution is 6.16. The molecule has 156 valence electrons. The van der Waals surface area contributed by atoms with Crippen LogP contribution in [0.15, 0.2) is 72.9 Å². The molecule has 0 fully saturated rings. The highest BCUT2D eigenvalue weighted by Gasteiger charge is 2.11. The van der Waals surface area contributed by atoms with E-state index in [0.29, 0.717) is 5.92 Å². The average molecular weight is 417 g/mol. The summed E-state index contributed by atoms with van der Waals surface area (Å²) in [5, 5.41) is 4.94.